The lowest BCUT2D eigenvalue weighted by Crippen LogP contribution is -2.39. The first-order valence-electron chi connectivity index (χ1n) is 8.38. The van der Waals surface area contributed by atoms with Crippen molar-refractivity contribution < 1.29 is 4.79 Å². The Balaban J connectivity index is 1.56. The van der Waals surface area contributed by atoms with E-state index in [4.69, 9.17) is 5.73 Å². The summed E-state index contributed by atoms with van der Waals surface area (Å²) < 4.78 is 0. The van der Waals surface area contributed by atoms with E-state index in [1.807, 2.05) is 18.2 Å². The van der Waals surface area contributed by atoms with Crippen LogP contribution >= 0.6 is 0 Å². The number of carbonyl (C=O) groups is 1. The van der Waals surface area contributed by atoms with Gasteiger partial charge in [-0.1, -0.05) is 25.0 Å². The van der Waals surface area contributed by atoms with E-state index in [1.54, 1.807) is 0 Å². The molecule has 1 aromatic carbocycles. The first kappa shape index (κ1) is 14.4. The van der Waals surface area contributed by atoms with Crippen molar-refractivity contribution in [3.63, 3.8) is 0 Å². The Morgan fingerprint density at radius 3 is 2.76 bits per heavy atom. The van der Waals surface area contributed by atoms with Gasteiger partial charge in [0.2, 0.25) is 5.91 Å². The fraction of sp³-hybridized carbons (Fsp3) is 0.611. The van der Waals surface area contributed by atoms with Gasteiger partial charge in [0.25, 0.3) is 0 Å². The summed E-state index contributed by atoms with van der Waals surface area (Å²) in [5, 5.41) is 0. The SMILES string of the molecule is Nc1cccc(CCC(=O)N2CCCC2C2CCCC2)c1. The van der Waals surface area contributed by atoms with Crippen LogP contribution in [0.5, 0.6) is 0 Å². The average molecular weight is 286 g/mol. The molecule has 21 heavy (non-hydrogen) atoms. The molecule has 1 heterocycles. The van der Waals surface area contributed by atoms with Gasteiger partial charge in [0.05, 0.1) is 0 Å². The molecule has 0 aromatic heterocycles. The molecule has 2 aliphatic rings. The summed E-state index contributed by atoms with van der Waals surface area (Å²) in [6.07, 6.45) is 9.18. The predicted octanol–water partition coefficient (Wildman–Crippen LogP) is 3.38. The maximum Gasteiger partial charge on any atom is 0.223 e. The van der Waals surface area contributed by atoms with E-state index in [0.29, 0.717) is 18.4 Å². The fourth-order valence-corrected chi connectivity index (χ4v) is 4.08. The zero-order chi connectivity index (χ0) is 14.7. The van der Waals surface area contributed by atoms with Gasteiger partial charge in [-0.05, 0) is 55.7 Å². The Labute approximate surface area is 127 Å². The van der Waals surface area contributed by atoms with Crippen LogP contribution in [0.15, 0.2) is 24.3 Å². The second kappa shape index (κ2) is 6.50. The summed E-state index contributed by atoms with van der Waals surface area (Å²) >= 11 is 0. The van der Waals surface area contributed by atoms with Crippen LogP contribution in [-0.2, 0) is 11.2 Å². The molecule has 2 fully saturated rings. The first-order chi connectivity index (χ1) is 10.2. The molecular weight excluding hydrogens is 260 g/mol. The van der Waals surface area contributed by atoms with E-state index in [2.05, 4.69) is 11.0 Å². The van der Waals surface area contributed by atoms with Crippen molar-refractivity contribution in [2.75, 3.05) is 12.3 Å². The molecule has 3 heteroatoms. The average Bonchev–Trinajstić information content (AvgIpc) is 3.14. The van der Waals surface area contributed by atoms with Crippen molar-refractivity contribution in [3.05, 3.63) is 29.8 Å². The van der Waals surface area contributed by atoms with Crippen molar-refractivity contribution in [2.45, 2.75) is 57.4 Å². The first-order valence-corrected chi connectivity index (χ1v) is 8.38. The second-order valence-corrected chi connectivity index (χ2v) is 6.59. The number of carbonyl (C=O) groups excluding carboxylic acids is 1. The standard InChI is InChI=1S/C18H26N2O/c19-16-8-3-5-14(13-16)10-11-18(21)20-12-4-9-17(20)15-6-1-2-7-15/h3,5,8,13,15,17H,1-2,4,6-7,9-12,19H2. The highest BCUT2D eigenvalue weighted by atomic mass is 16.2. The number of rotatable bonds is 4. The predicted molar refractivity (Wildman–Crippen MR) is 85.9 cm³/mol. The minimum Gasteiger partial charge on any atom is -0.399 e. The third kappa shape index (κ3) is 3.39. The molecule has 3 rings (SSSR count). The van der Waals surface area contributed by atoms with Gasteiger partial charge in [0.1, 0.15) is 0 Å². The van der Waals surface area contributed by atoms with E-state index < -0.39 is 0 Å². The van der Waals surface area contributed by atoms with E-state index >= 15 is 0 Å². The molecule has 1 aromatic rings. The number of aryl methyl sites for hydroxylation is 1. The molecule has 1 aliphatic heterocycles. The molecule has 1 amide bonds. The normalized spacial score (nSPS) is 22.9. The lowest BCUT2D eigenvalue weighted by molar-refractivity contribution is -0.132. The zero-order valence-electron chi connectivity index (χ0n) is 12.8. The minimum atomic E-state index is 0.340. The van der Waals surface area contributed by atoms with Crippen molar-refractivity contribution >= 4 is 11.6 Å². The Morgan fingerprint density at radius 2 is 2.00 bits per heavy atom. The van der Waals surface area contributed by atoms with E-state index in [1.165, 1.54) is 44.1 Å². The lowest BCUT2D eigenvalue weighted by Gasteiger charge is -2.29. The Morgan fingerprint density at radius 1 is 1.19 bits per heavy atom. The largest absolute Gasteiger partial charge is 0.399 e. The van der Waals surface area contributed by atoms with E-state index in [9.17, 15) is 4.79 Å². The van der Waals surface area contributed by atoms with Gasteiger partial charge in [-0.25, -0.2) is 0 Å². The third-order valence-electron chi connectivity index (χ3n) is 5.14. The molecule has 3 nitrogen and oxygen atoms in total. The Bertz CT molecular complexity index is 494. The highest BCUT2D eigenvalue weighted by molar-refractivity contribution is 5.77. The summed E-state index contributed by atoms with van der Waals surface area (Å²) in [7, 11) is 0. The van der Waals surface area contributed by atoms with Crippen molar-refractivity contribution in [2.24, 2.45) is 5.92 Å². The van der Waals surface area contributed by atoms with Crippen LogP contribution in [0.4, 0.5) is 5.69 Å². The fourth-order valence-electron chi connectivity index (χ4n) is 4.08. The van der Waals surface area contributed by atoms with Crippen LogP contribution in [0.25, 0.3) is 0 Å². The number of nitrogens with two attached hydrogens (primary N) is 1. The van der Waals surface area contributed by atoms with Gasteiger partial charge < -0.3 is 10.6 Å². The van der Waals surface area contributed by atoms with Crippen molar-refractivity contribution in [1.82, 2.24) is 4.90 Å². The van der Waals surface area contributed by atoms with Crippen LogP contribution in [-0.4, -0.2) is 23.4 Å². The molecule has 0 radical (unpaired) electrons. The third-order valence-corrected chi connectivity index (χ3v) is 5.14. The topological polar surface area (TPSA) is 46.3 Å². The number of nitrogen functional groups attached to an aromatic ring is 1. The van der Waals surface area contributed by atoms with Crippen LogP contribution in [0.2, 0.25) is 0 Å². The lowest BCUT2D eigenvalue weighted by atomic mass is 9.95. The summed E-state index contributed by atoms with van der Waals surface area (Å²) in [6.45, 7) is 0.969. The quantitative estimate of drug-likeness (QED) is 0.862. The number of amides is 1. The summed E-state index contributed by atoms with van der Waals surface area (Å²) in [5.74, 6) is 1.11. The molecule has 1 saturated carbocycles. The molecule has 0 spiro atoms. The van der Waals surface area contributed by atoms with Crippen LogP contribution in [0, 0.1) is 5.92 Å². The monoisotopic (exact) mass is 286 g/mol. The highest BCUT2D eigenvalue weighted by Gasteiger charge is 2.35. The number of hydrogen-bond acceptors (Lipinski definition) is 2. The summed E-state index contributed by atoms with van der Waals surface area (Å²) in [6, 6.07) is 8.42. The maximum atomic E-state index is 12.6. The number of benzene rings is 1. The van der Waals surface area contributed by atoms with Gasteiger partial charge >= 0.3 is 0 Å². The smallest absolute Gasteiger partial charge is 0.223 e. The van der Waals surface area contributed by atoms with Gasteiger partial charge in [-0.15, -0.1) is 0 Å². The molecule has 2 N–H and O–H groups in total. The number of anilines is 1. The van der Waals surface area contributed by atoms with Gasteiger partial charge in [0.15, 0.2) is 0 Å². The molecule has 1 atom stereocenters. The van der Waals surface area contributed by atoms with Crippen molar-refractivity contribution in [3.8, 4) is 0 Å². The van der Waals surface area contributed by atoms with Gasteiger partial charge in [-0.2, -0.15) is 0 Å². The maximum absolute atomic E-state index is 12.6. The number of likely N-dealkylation sites (tertiary alicyclic amines) is 1. The minimum absolute atomic E-state index is 0.340. The molecule has 0 bridgehead atoms. The molecular formula is C18H26N2O. The van der Waals surface area contributed by atoms with E-state index in [0.717, 1.165) is 24.6 Å². The van der Waals surface area contributed by atoms with E-state index in [-0.39, 0.29) is 0 Å². The second-order valence-electron chi connectivity index (χ2n) is 6.59. The van der Waals surface area contributed by atoms with Crippen molar-refractivity contribution in [1.29, 1.82) is 0 Å². The molecule has 1 unspecified atom stereocenters. The van der Waals surface area contributed by atoms with Gasteiger partial charge in [0, 0.05) is 24.7 Å². The molecule has 1 aliphatic carbocycles. The van der Waals surface area contributed by atoms with Crippen LogP contribution < -0.4 is 5.73 Å². The highest BCUT2D eigenvalue weighted by Crippen LogP contribution is 2.35. The molecule has 1 saturated heterocycles. The summed E-state index contributed by atoms with van der Waals surface area (Å²) in [5.41, 5.74) is 7.75. The summed E-state index contributed by atoms with van der Waals surface area (Å²) in [4.78, 5) is 14.7. The number of hydrogen-bond donors (Lipinski definition) is 1. The Hall–Kier alpha value is -1.51. The van der Waals surface area contributed by atoms with Crippen LogP contribution in [0.3, 0.4) is 0 Å². The molecule has 114 valence electrons. The van der Waals surface area contributed by atoms with Crippen LogP contribution in [0.1, 0.15) is 50.5 Å². The number of nitrogens with zero attached hydrogens (tertiary/aromatic N) is 1. The zero-order valence-corrected chi connectivity index (χ0v) is 12.8. The van der Waals surface area contributed by atoms with Gasteiger partial charge in [-0.3, -0.25) is 4.79 Å². The Kier molecular flexibility index (Phi) is 4.47.